The van der Waals surface area contributed by atoms with Crippen molar-refractivity contribution in [3.05, 3.63) is 64.3 Å². The zero-order chi connectivity index (χ0) is 16.4. The van der Waals surface area contributed by atoms with E-state index < -0.39 is 0 Å². The highest BCUT2D eigenvalue weighted by Gasteiger charge is 2.13. The molecule has 1 heterocycles. The lowest BCUT2D eigenvalue weighted by Gasteiger charge is -2.09. The lowest BCUT2D eigenvalue weighted by Crippen LogP contribution is -2.33. The first-order valence-corrected chi connectivity index (χ1v) is 8.10. The number of hydrogen-bond donors (Lipinski definition) is 2. The van der Waals surface area contributed by atoms with Gasteiger partial charge in [0.25, 0.3) is 5.91 Å². The Hall–Kier alpha value is -2.18. The molecule has 0 fully saturated rings. The quantitative estimate of drug-likeness (QED) is 0.628. The molecule has 6 heteroatoms. The predicted molar refractivity (Wildman–Crippen MR) is 98.8 cm³/mol. The first kappa shape index (κ1) is 15.7. The Morgan fingerprint density at radius 2 is 1.96 bits per heavy atom. The van der Waals surface area contributed by atoms with Crippen molar-refractivity contribution in [2.24, 2.45) is 0 Å². The molecule has 116 valence electrons. The number of nitrogens with one attached hydrogen (secondary N) is 2. The SMILES string of the molecule is Cc1cc(NC(=S)NC(=O)c2cc3ccccc3o2)ccc1Br. The topological polar surface area (TPSA) is 54.3 Å². The van der Waals surface area contributed by atoms with Gasteiger partial charge in [-0.15, -0.1) is 0 Å². The monoisotopic (exact) mass is 388 g/mol. The maximum atomic E-state index is 12.2. The van der Waals surface area contributed by atoms with Gasteiger partial charge in [0.05, 0.1) is 0 Å². The summed E-state index contributed by atoms with van der Waals surface area (Å²) in [6, 6.07) is 14.9. The molecule has 0 radical (unpaired) electrons. The molecular weight excluding hydrogens is 376 g/mol. The molecule has 3 rings (SSSR count). The number of furan rings is 1. The predicted octanol–water partition coefficient (Wildman–Crippen LogP) is 4.63. The number of carbonyl (C=O) groups excluding carboxylic acids is 1. The van der Waals surface area contributed by atoms with E-state index in [4.69, 9.17) is 16.6 Å². The van der Waals surface area contributed by atoms with Crippen molar-refractivity contribution < 1.29 is 9.21 Å². The van der Waals surface area contributed by atoms with Crippen LogP contribution in [0.2, 0.25) is 0 Å². The Bertz CT molecular complexity index is 871. The summed E-state index contributed by atoms with van der Waals surface area (Å²) in [4.78, 5) is 12.2. The maximum absolute atomic E-state index is 12.2. The van der Waals surface area contributed by atoms with Gasteiger partial charge >= 0.3 is 0 Å². The fraction of sp³-hybridized carbons (Fsp3) is 0.0588. The molecule has 23 heavy (non-hydrogen) atoms. The molecule has 4 nitrogen and oxygen atoms in total. The van der Waals surface area contributed by atoms with E-state index in [-0.39, 0.29) is 16.8 Å². The zero-order valence-electron chi connectivity index (χ0n) is 12.2. The highest BCUT2D eigenvalue weighted by Crippen LogP contribution is 2.20. The van der Waals surface area contributed by atoms with E-state index in [1.165, 1.54) is 0 Å². The Labute approximate surface area is 147 Å². The van der Waals surface area contributed by atoms with Gasteiger partial charge in [0.15, 0.2) is 10.9 Å². The molecule has 1 aromatic heterocycles. The van der Waals surface area contributed by atoms with Gasteiger partial charge in [-0.05, 0) is 55.0 Å². The van der Waals surface area contributed by atoms with Crippen molar-refractivity contribution >= 4 is 55.8 Å². The fourth-order valence-electron chi connectivity index (χ4n) is 2.14. The van der Waals surface area contributed by atoms with Gasteiger partial charge in [-0.1, -0.05) is 34.1 Å². The van der Waals surface area contributed by atoms with Gasteiger partial charge in [-0.3, -0.25) is 10.1 Å². The van der Waals surface area contributed by atoms with E-state index in [0.29, 0.717) is 5.58 Å². The number of anilines is 1. The number of halogens is 1. The van der Waals surface area contributed by atoms with E-state index in [0.717, 1.165) is 21.1 Å². The van der Waals surface area contributed by atoms with Crippen LogP contribution in [0.5, 0.6) is 0 Å². The minimum atomic E-state index is -0.382. The molecule has 3 aromatic rings. The second kappa shape index (κ2) is 6.52. The van der Waals surface area contributed by atoms with Gasteiger partial charge in [-0.2, -0.15) is 0 Å². The molecular formula is C17H13BrN2O2S. The first-order chi connectivity index (χ1) is 11.0. The largest absolute Gasteiger partial charge is 0.451 e. The van der Waals surface area contributed by atoms with E-state index in [9.17, 15) is 4.79 Å². The summed E-state index contributed by atoms with van der Waals surface area (Å²) >= 11 is 8.61. The van der Waals surface area contributed by atoms with Gasteiger partial charge in [0.1, 0.15) is 5.58 Å². The summed E-state index contributed by atoms with van der Waals surface area (Å²) in [5.41, 5.74) is 2.54. The molecule has 0 saturated heterocycles. The molecule has 0 aliphatic heterocycles. The first-order valence-electron chi connectivity index (χ1n) is 6.90. The molecule has 0 aliphatic carbocycles. The van der Waals surface area contributed by atoms with E-state index in [2.05, 4.69) is 26.6 Å². The van der Waals surface area contributed by atoms with Crippen LogP contribution in [0.15, 0.2) is 57.4 Å². The summed E-state index contributed by atoms with van der Waals surface area (Å²) in [5.74, 6) is -0.158. The van der Waals surface area contributed by atoms with Gasteiger partial charge in [0, 0.05) is 15.5 Å². The average molecular weight is 389 g/mol. The second-order valence-electron chi connectivity index (χ2n) is 5.02. The van der Waals surface area contributed by atoms with Crippen molar-refractivity contribution in [1.82, 2.24) is 5.32 Å². The lowest BCUT2D eigenvalue weighted by molar-refractivity contribution is 0.0953. The third-order valence-electron chi connectivity index (χ3n) is 3.29. The van der Waals surface area contributed by atoms with Crippen LogP contribution in [0.1, 0.15) is 16.1 Å². The fourth-order valence-corrected chi connectivity index (χ4v) is 2.60. The van der Waals surface area contributed by atoms with Crippen molar-refractivity contribution in [1.29, 1.82) is 0 Å². The van der Waals surface area contributed by atoms with Crippen molar-refractivity contribution in [3.8, 4) is 0 Å². The van der Waals surface area contributed by atoms with Crippen LogP contribution in [0.25, 0.3) is 11.0 Å². The summed E-state index contributed by atoms with van der Waals surface area (Å²) in [7, 11) is 0. The second-order valence-corrected chi connectivity index (χ2v) is 6.28. The number of carbonyl (C=O) groups is 1. The molecule has 2 N–H and O–H groups in total. The average Bonchev–Trinajstić information content (AvgIpc) is 2.95. The number of rotatable bonds is 2. The number of aryl methyl sites for hydroxylation is 1. The normalized spacial score (nSPS) is 10.5. The molecule has 0 spiro atoms. The van der Waals surface area contributed by atoms with Crippen LogP contribution in [0, 0.1) is 6.92 Å². The molecule has 1 amide bonds. The third-order valence-corrected chi connectivity index (χ3v) is 4.39. The zero-order valence-corrected chi connectivity index (χ0v) is 14.6. The van der Waals surface area contributed by atoms with Gasteiger partial charge in [0.2, 0.25) is 0 Å². The number of fused-ring (bicyclic) bond motifs is 1. The smallest absolute Gasteiger partial charge is 0.293 e. The highest BCUT2D eigenvalue weighted by atomic mass is 79.9. The molecule has 0 atom stereocenters. The Morgan fingerprint density at radius 1 is 1.17 bits per heavy atom. The molecule has 0 aliphatic rings. The minimum Gasteiger partial charge on any atom is -0.451 e. The Morgan fingerprint density at radius 3 is 2.70 bits per heavy atom. The molecule has 0 bridgehead atoms. The number of hydrogen-bond acceptors (Lipinski definition) is 3. The van der Waals surface area contributed by atoms with Crippen LogP contribution in [0.4, 0.5) is 5.69 Å². The summed E-state index contributed by atoms with van der Waals surface area (Å²) < 4.78 is 6.52. The number of benzene rings is 2. The summed E-state index contributed by atoms with van der Waals surface area (Å²) in [5, 5.41) is 6.69. The standard InChI is InChI=1S/C17H13BrN2O2S/c1-10-8-12(6-7-13(10)18)19-17(23)20-16(21)15-9-11-4-2-3-5-14(11)22-15/h2-9H,1H3,(H2,19,20,21,23). The van der Waals surface area contributed by atoms with Crippen molar-refractivity contribution in [3.63, 3.8) is 0 Å². The number of para-hydroxylation sites is 1. The Kier molecular flexibility index (Phi) is 4.45. The number of amides is 1. The van der Waals surface area contributed by atoms with Crippen LogP contribution in [0.3, 0.4) is 0 Å². The van der Waals surface area contributed by atoms with E-state index >= 15 is 0 Å². The third kappa shape index (κ3) is 3.60. The molecule has 0 saturated carbocycles. The van der Waals surface area contributed by atoms with Gasteiger partial charge < -0.3 is 9.73 Å². The minimum absolute atomic E-state index is 0.220. The summed E-state index contributed by atoms with van der Waals surface area (Å²) in [6.07, 6.45) is 0. The summed E-state index contributed by atoms with van der Waals surface area (Å²) in [6.45, 7) is 1.98. The van der Waals surface area contributed by atoms with Gasteiger partial charge in [-0.25, -0.2) is 0 Å². The highest BCUT2D eigenvalue weighted by molar-refractivity contribution is 9.10. The van der Waals surface area contributed by atoms with E-state index in [1.54, 1.807) is 6.07 Å². The van der Waals surface area contributed by atoms with Crippen LogP contribution >= 0.6 is 28.1 Å². The van der Waals surface area contributed by atoms with Crippen LogP contribution in [-0.4, -0.2) is 11.0 Å². The van der Waals surface area contributed by atoms with Crippen LogP contribution in [-0.2, 0) is 0 Å². The lowest BCUT2D eigenvalue weighted by atomic mass is 10.2. The van der Waals surface area contributed by atoms with Crippen LogP contribution < -0.4 is 10.6 Å². The van der Waals surface area contributed by atoms with Crippen molar-refractivity contribution in [2.45, 2.75) is 6.92 Å². The molecule has 2 aromatic carbocycles. The maximum Gasteiger partial charge on any atom is 0.293 e. The van der Waals surface area contributed by atoms with E-state index in [1.807, 2.05) is 49.4 Å². The Balaban J connectivity index is 1.69. The number of thiocarbonyl (C=S) groups is 1. The molecule has 0 unspecified atom stereocenters. The van der Waals surface area contributed by atoms with Crippen molar-refractivity contribution in [2.75, 3.05) is 5.32 Å².